The lowest BCUT2D eigenvalue weighted by atomic mass is 10.2. The van der Waals surface area contributed by atoms with E-state index in [-0.39, 0.29) is 18.2 Å². The van der Waals surface area contributed by atoms with Crippen LogP contribution in [0.15, 0.2) is 54.7 Å². The number of hydrogen-bond acceptors (Lipinski definition) is 0. The SMILES string of the molecule is CCC[n+]1c2ccccc2n2cc(-c3ccc(F)cc3)[nH]c21.[Cl-]. The van der Waals surface area contributed by atoms with E-state index >= 15 is 0 Å². The molecule has 5 heteroatoms. The number of nitrogens with zero attached hydrogens (tertiary/aromatic N) is 2. The third kappa shape index (κ3) is 2.49. The molecule has 2 heterocycles. The first-order valence-corrected chi connectivity index (χ1v) is 7.55. The van der Waals surface area contributed by atoms with Gasteiger partial charge in [-0.2, -0.15) is 4.40 Å². The second kappa shape index (κ2) is 6.05. The van der Waals surface area contributed by atoms with E-state index in [9.17, 15) is 4.39 Å². The lowest BCUT2D eigenvalue weighted by Gasteiger charge is -1.97. The predicted octanol–water partition coefficient (Wildman–Crippen LogP) is 0.928. The summed E-state index contributed by atoms with van der Waals surface area (Å²) in [4.78, 5) is 3.48. The zero-order valence-corrected chi connectivity index (χ0v) is 13.5. The fraction of sp³-hybridized carbons (Fsp3) is 0.167. The maximum absolute atomic E-state index is 13.1. The molecule has 4 rings (SSSR count). The summed E-state index contributed by atoms with van der Waals surface area (Å²) < 4.78 is 17.6. The molecule has 23 heavy (non-hydrogen) atoms. The van der Waals surface area contributed by atoms with Crippen molar-refractivity contribution in [3.05, 3.63) is 60.5 Å². The van der Waals surface area contributed by atoms with E-state index in [4.69, 9.17) is 0 Å². The number of H-pyrrole nitrogens is 1. The molecule has 2 aromatic heterocycles. The van der Waals surface area contributed by atoms with Crippen molar-refractivity contribution in [2.24, 2.45) is 0 Å². The van der Waals surface area contributed by atoms with Crippen molar-refractivity contribution < 1.29 is 21.4 Å². The second-order valence-corrected chi connectivity index (χ2v) is 5.51. The van der Waals surface area contributed by atoms with Crippen LogP contribution in [0.4, 0.5) is 4.39 Å². The van der Waals surface area contributed by atoms with Crippen molar-refractivity contribution in [2.75, 3.05) is 0 Å². The Kier molecular flexibility index (Phi) is 4.09. The van der Waals surface area contributed by atoms with Gasteiger partial charge in [-0.1, -0.05) is 19.1 Å². The van der Waals surface area contributed by atoms with Crippen LogP contribution in [0.1, 0.15) is 13.3 Å². The Morgan fingerprint density at radius 2 is 1.83 bits per heavy atom. The smallest absolute Gasteiger partial charge is 0.368 e. The van der Waals surface area contributed by atoms with Crippen LogP contribution in [0.2, 0.25) is 0 Å². The second-order valence-electron chi connectivity index (χ2n) is 5.51. The number of halogens is 2. The number of hydrogen-bond donors (Lipinski definition) is 1. The van der Waals surface area contributed by atoms with Gasteiger partial charge in [0.2, 0.25) is 0 Å². The summed E-state index contributed by atoms with van der Waals surface area (Å²) in [6, 6.07) is 15.0. The normalized spacial score (nSPS) is 11.0. The van der Waals surface area contributed by atoms with Gasteiger partial charge in [0.25, 0.3) is 0 Å². The fourth-order valence-corrected chi connectivity index (χ4v) is 3.02. The number of aromatic amines is 1. The average molecular weight is 330 g/mol. The molecule has 0 bridgehead atoms. The van der Waals surface area contributed by atoms with Crippen LogP contribution in [0, 0.1) is 5.82 Å². The van der Waals surface area contributed by atoms with Crippen LogP contribution < -0.4 is 17.0 Å². The molecule has 0 fully saturated rings. The van der Waals surface area contributed by atoms with Crippen LogP contribution >= 0.6 is 0 Å². The van der Waals surface area contributed by atoms with Crippen LogP contribution in [-0.2, 0) is 6.54 Å². The Balaban J connectivity index is 0.00000156. The number of aryl methyl sites for hydroxylation is 1. The predicted molar refractivity (Wildman–Crippen MR) is 85.1 cm³/mol. The van der Waals surface area contributed by atoms with E-state index < -0.39 is 0 Å². The summed E-state index contributed by atoms with van der Waals surface area (Å²) in [5.41, 5.74) is 4.37. The molecule has 118 valence electrons. The van der Waals surface area contributed by atoms with Crippen molar-refractivity contribution in [3.63, 3.8) is 0 Å². The highest BCUT2D eigenvalue weighted by molar-refractivity contribution is 5.76. The van der Waals surface area contributed by atoms with Crippen molar-refractivity contribution in [3.8, 4) is 11.3 Å². The highest BCUT2D eigenvalue weighted by Crippen LogP contribution is 2.22. The Morgan fingerprint density at radius 3 is 2.57 bits per heavy atom. The van der Waals surface area contributed by atoms with Gasteiger partial charge in [-0.05, 0) is 42.8 Å². The standard InChI is InChI=1S/C18H16FN3.ClH/c1-2-11-21-16-5-3-4-6-17(16)22-12-15(20-18(21)22)13-7-9-14(19)10-8-13;/h3-10,12H,2,11H2,1H3;1H. The van der Waals surface area contributed by atoms with Gasteiger partial charge in [-0.3, -0.25) is 0 Å². The zero-order valence-electron chi connectivity index (χ0n) is 12.8. The van der Waals surface area contributed by atoms with Gasteiger partial charge in [0.05, 0.1) is 6.54 Å². The van der Waals surface area contributed by atoms with E-state index in [1.54, 1.807) is 12.1 Å². The number of para-hydroxylation sites is 2. The van der Waals surface area contributed by atoms with Gasteiger partial charge in [-0.25, -0.2) is 13.9 Å². The van der Waals surface area contributed by atoms with Crippen molar-refractivity contribution in [1.29, 1.82) is 0 Å². The Morgan fingerprint density at radius 1 is 1.09 bits per heavy atom. The van der Waals surface area contributed by atoms with Crippen LogP contribution in [0.3, 0.4) is 0 Å². The molecule has 1 N–H and O–H groups in total. The quantitative estimate of drug-likeness (QED) is 0.541. The molecular weight excluding hydrogens is 313 g/mol. The molecule has 0 saturated carbocycles. The van der Waals surface area contributed by atoms with Gasteiger partial charge in [0.15, 0.2) is 0 Å². The van der Waals surface area contributed by atoms with E-state index in [2.05, 4.69) is 51.3 Å². The van der Waals surface area contributed by atoms with Crippen LogP contribution in [0.5, 0.6) is 0 Å². The number of nitrogens with one attached hydrogen (secondary N) is 1. The summed E-state index contributed by atoms with van der Waals surface area (Å²) in [7, 11) is 0. The molecule has 0 saturated heterocycles. The summed E-state index contributed by atoms with van der Waals surface area (Å²) in [5.74, 6) is 0.843. The van der Waals surface area contributed by atoms with Crippen LogP contribution in [-0.4, -0.2) is 9.38 Å². The van der Waals surface area contributed by atoms with Crippen molar-refractivity contribution >= 4 is 16.8 Å². The minimum absolute atomic E-state index is 0. The number of imidazole rings is 2. The number of aromatic nitrogens is 3. The van der Waals surface area contributed by atoms with Crippen molar-refractivity contribution in [1.82, 2.24) is 9.38 Å². The van der Waals surface area contributed by atoms with E-state index in [0.29, 0.717) is 0 Å². The highest BCUT2D eigenvalue weighted by Gasteiger charge is 2.20. The zero-order chi connectivity index (χ0) is 15.1. The number of benzene rings is 2. The highest BCUT2D eigenvalue weighted by atomic mass is 35.5. The number of rotatable bonds is 3. The van der Waals surface area contributed by atoms with Crippen LogP contribution in [0.25, 0.3) is 28.1 Å². The minimum atomic E-state index is -0.214. The Hall–Kier alpha value is -2.33. The monoisotopic (exact) mass is 329 g/mol. The maximum Gasteiger partial charge on any atom is 0.368 e. The first-order valence-electron chi connectivity index (χ1n) is 7.55. The molecule has 4 aromatic rings. The average Bonchev–Trinajstić information content (AvgIpc) is 3.08. The topological polar surface area (TPSA) is 24.1 Å². The maximum atomic E-state index is 13.1. The third-order valence-electron chi connectivity index (χ3n) is 4.02. The summed E-state index contributed by atoms with van der Waals surface area (Å²) in [6.45, 7) is 3.13. The van der Waals surface area contributed by atoms with Gasteiger partial charge >= 0.3 is 5.78 Å². The van der Waals surface area contributed by atoms with Gasteiger partial charge in [-0.15, -0.1) is 0 Å². The Labute approximate surface area is 139 Å². The summed E-state index contributed by atoms with van der Waals surface area (Å²) in [6.07, 6.45) is 3.15. The summed E-state index contributed by atoms with van der Waals surface area (Å²) >= 11 is 0. The molecule has 0 unspecified atom stereocenters. The molecule has 0 spiro atoms. The van der Waals surface area contributed by atoms with E-state index in [0.717, 1.165) is 30.0 Å². The van der Waals surface area contributed by atoms with E-state index in [1.807, 2.05) is 0 Å². The molecule has 0 aliphatic rings. The minimum Gasteiger partial charge on any atom is -1.00 e. The molecule has 2 aromatic carbocycles. The third-order valence-corrected chi connectivity index (χ3v) is 4.02. The van der Waals surface area contributed by atoms with Gasteiger partial charge in [0, 0.05) is 5.56 Å². The lowest BCUT2D eigenvalue weighted by Crippen LogP contribution is -3.00. The van der Waals surface area contributed by atoms with E-state index in [1.165, 1.54) is 23.2 Å². The Bertz CT molecular complexity index is 954. The van der Waals surface area contributed by atoms with Gasteiger partial charge < -0.3 is 12.4 Å². The molecular formula is C18H17ClFN3. The number of fused-ring (bicyclic) bond motifs is 3. The van der Waals surface area contributed by atoms with Crippen molar-refractivity contribution in [2.45, 2.75) is 19.9 Å². The molecule has 0 aliphatic heterocycles. The first kappa shape index (κ1) is 15.6. The molecule has 3 nitrogen and oxygen atoms in total. The van der Waals surface area contributed by atoms with Gasteiger partial charge in [0.1, 0.15) is 28.7 Å². The largest absolute Gasteiger partial charge is 1.00 e. The molecule has 0 radical (unpaired) electrons. The molecule has 0 amide bonds. The first-order chi connectivity index (χ1) is 10.8. The fourth-order valence-electron chi connectivity index (χ4n) is 3.02. The summed E-state index contributed by atoms with van der Waals surface area (Å²) in [5, 5.41) is 0. The molecule has 0 atom stereocenters. The molecule has 0 aliphatic carbocycles. The lowest BCUT2D eigenvalue weighted by molar-refractivity contribution is -0.647.